The summed E-state index contributed by atoms with van der Waals surface area (Å²) in [5.41, 5.74) is 1.97. The van der Waals surface area contributed by atoms with Crippen LogP contribution in [0.2, 0.25) is 0 Å². The monoisotopic (exact) mass is 268 g/mol. The molecule has 0 N–H and O–H groups in total. The Labute approximate surface area is 139 Å². The molecule has 0 bridgehead atoms. The van der Waals surface area contributed by atoms with Gasteiger partial charge in [0.25, 0.3) is 0 Å². The topological polar surface area (TPSA) is 27.0 Å². The summed E-state index contributed by atoms with van der Waals surface area (Å²) in [4.78, 5) is 2.29. The zero-order valence-electron chi connectivity index (χ0n) is 8.90. The smallest absolute Gasteiger partial charge is 0.485 e. The van der Waals surface area contributed by atoms with Crippen LogP contribution in [0.1, 0.15) is 11.1 Å². The molecule has 0 aliphatic carbocycles. The van der Waals surface area contributed by atoms with Crippen molar-refractivity contribution in [2.45, 2.75) is 6.54 Å². The molecule has 1 aliphatic rings. The molecule has 1 aliphatic heterocycles. The molecule has 2 nitrogen and oxygen atoms in total. The molecule has 70 valence electrons. The summed E-state index contributed by atoms with van der Waals surface area (Å²) >= 11 is 0. The summed E-state index contributed by atoms with van der Waals surface area (Å²) in [7, 11) is 0. The van der Waals surface area contributed by atoms with Crippen molar-refractivity contribution in [3.63, 3.8) is 0 Å². The largest absolute Gasteiger partial charge is 1.00 e. The SMILES string of the molecule is N#Cc1ccc(CN2C[C-]=CC2)cc1.[Rb+]. The average molecular weight is 269 g/mol. The Hall–Kier alpha value is 0.215. The number of benzene rings is 1. The standard InChI is InChI=1S/C12H11N2.Rb/c13-9-11-3-5-12(6-4-11)10-14-7-1-2-8-14;/h1,3-6H,7-8,10H2;/q-1;+1. The molecule has 0 spiro atoms. The minimum Gasteiger partial charge on any atom is -0.485 e. The number of nitrogens with zero attached hydrogens (tertiary/aromatic N) is 2. The Morgan fingerprint density at radius 3 is 2.60 bits per heavy atom. The molecule has 1 aromatic rings. The Bertz CT molecular complexity index is 368. The van der Waals surface area contributed by atoms with E-state index in [9.17, 15) is 0 Å². The second-order valence-electron chi connectivity index (χ2n) is 3.39. The van der Waals surface area contributed by atoms with Crippen molar-refractivity contribution in [2.24, 2.45) is 0 Å². The van der Waals surface area contributed by atoms with Gasteiger partial charge in [0.2, 0.25) is 0 Å². The van der Waals surface area contributed by atoms with Gasteiger partial charge in [0.1, 0.15) is 0 Å². The first-order valence-electron chi connectivity index (χ1n) is 4.65. The van der Waals surface area contributed by atoms with E-state index < -0.39 is 0 Å². The first kappa shape index (κ1) is 13.3. The second-order valence-corrected chi connectivity index (χ2v) is 3.39. The van der Waals surface area contributed by atoms with Crippen molar-refractivity contribution in [3.05, 3.63) is 47.5 Å². The molecule has 0 amide bonds. The van der Waals surface area contributed by atoms with Crippen LogP contribution in [0.3, 0.4) is 0 Å². The predicted molar refractivity (Wildman–Crippen MR) is 54.2 cm³/mol. The van der Waals surface area contributed by atoms with Gasteiger partial charge in [0, 0.05) is 6.54 Å². The minimum atomic E-state index is 0. The fourth-order valence-corrected chi connectivity index (χ4v) is 1.52. The Morgan fingerprint density at radius 1 is 1.33 bits per heavy atom. The van der Waals surface area contributed by atoms with Crippen LogP contribution in [0, 0.1) is 17.4 Å². The molecule has 0 unspecified atom stereocenters. The molecule has 1 heterocycles. The molecule has 0 aromatic heterocycles. The van der Waals surface area contributed by atoms with E-state index in [1.165, 1.54) is 5.56 Å². The summed E-state index contributed by atoms with van der Waals surface area (Å²) in [6, 6.07) is 9.86. The number of nitriles is 1. The Kier molecular flexibility index (Phi) is 5.95. The van der Waals surface area contributed by atoms with Gasteiger partial charge in [0.05, 0.1) is 11.6 Å². The van der Waals surface area contributed by atoms with Crippen LogP contribution in [-0.2, 0) is 6.54 Å². The van der Waals surface area contributed by atoms with E-state index >= 15 is 0 Å². The zero-order chi connectivity index (χ0) is 9.80. The van der Waals surface area contributed by atoms with E-state index in [0.717, 1.165) is 25.2 Å². The van der Waals surface area contributed by atoms with Gasteiger partial charge >= 0.3 is 58.2 Å². The summed E-state index contributed by atoms with van der Waals surface area (Å²) in [6.07, 6.45) is 5.22. The molecular formula is C12H11N2Rb. The molecule has 2 rings (SSSR count). The van der Waals surface area contributed by atoms with Gasteiger partial charge in [-0.2, -0.15) is 5.26 Å². The Morgan fingerprint density at radius 2 is 2.07 bits per heavy atom. The van der Waals surface area contributed by atoms with Crippen molar-refractivity contribution in [3.8, 4) is 6.07 Å². The summed E-state index contributed by atoms with van der Waals surface area (Å²) in [6.45, 7) is 2.84. The Balaban J connectivity index is 0.00000112. The van der Waals surface area contributed by atoms with Crippen LogP contribution >= 0.6 is 0 Å². The van der Waals surface area contributed by atoms with Crippen molar-refractivity contribution in [1.82, 2.24) is 4.90 Å². The quantitative estimate of drug-likeness (QED) is 0.626. The van der Waals surface area contributed by atoms with E-state index in [0.29, 0.717) is 0 Å². The van der Waals surface area contributed by atoms with Gasteiger partial charge in [-0.25, -0.2) is 0 Å². The van der Waals surface area contributed by atoms with Crippen molar-refractivity contribution in [1.29, 1.82) is 5.26 Å². The first-order chi connectivity index (χ1) is 6.88. The number of rotatable bonds is 2. The average Bonchev–Trinajstić information content (AvgIpc) is 2.72. The van der Waals surface area contributed by atoms with E-state index in [1.54, 1.807) is 0 Å². The van der Waals surface area contributed by atoms with E-state index in [2.05, 4.69) is 23.1 Å². The van der Waals surface area contributed by atoms with Gasteiger partial charge in [-0.15, -0.1) is 6.54 Å². The van der Waals surface area contributed by atoms with E-state index in [-0.39, 0.29) is 58.2 Å². The third kappa shape index (κ3) is 3.94. The zero-order valence-corrected chi connectivity index (χ0v) is 13.8. The van der Waals surface area contributed by atoms with E-state index in [1.807, 2.05) is 24.3 Å². The van der Waals surface area contributed by atoms with Crippen molar-refractivity contribution in [2.75, 3.05) is 13.1 Å². The molecule has 0 atom stereocenters. The summed E-state index contributed by atoms with van der Waals surface area (Å²) in [5, 5.41) is 8.64. The minimum absolute atomic E-state index is 0. The van der Waals surface area contributed by atoms with Gasteiger partial charge in [-0.3, -0.25) is 6.08 Å². The van der Waals surface area contributed by atoms with Crippen LogP contribution in [0.15, 0.2) is 30.3 Å². The van der Waals surface area contributed by atoms with Gasteiger partial charge in [-0.05, 0) is 24.2 Å². The van der Waals surface area contributed by atoms with Crippen LogP contribution in [0.25, 0.3) is 0 Å². The van der Waals surface area contributed by atoms with Crippen LogP contribution in [0.5, 0.6) is 0 Å². The van der Waals surface area contributed by atoms with Crippen LogP contribution in [-0.4, -0.2) is 18.0 Å². The number of hydrogen-bond donors (Lipinski definition) is 0. The molecule has 15 heavy (non-hydrogen) atoms. The molecule has 3 heteroatoms. The first-order valence-corrected chi connectivity index (χ1v) is 4.65. The third-order valence-electron chi connectivity index (χ3n) is 2.30. The maximum Gasteiger partial charge on any atom is 1.00 e. The van der Waals surface area contributed by atoms with Gasteiger partial charge in [0.15, 0.2) is 0 Å². The molecule has 0 fully saturated rings. The second kappa shape index (κ2) is 6.72. The molecule has 0 radical (unpaired) electrons. The van der Waals surface area contributed by atoms with Crippen LogP contribution < -0.4 is 58.2 Å². The fourth-order valence-electron chi connectivity index (χ4n) is 1.52. The number of hydrogen-bond acceptors (Lipinski definition) is 2. The third-order valence-corrected chi connectivity index (χ3v) is 2.30. The molecule has 0 saturated heterocycles. The van der Waals surface area contributed by atoms with Crippen LogP contribution in [0.4, 0.5) is 0 Å². The van der Waals surface area contributed by atoms with Gasteiger partial charge in [-0.1, -0.05) is 12.1 Å². The maximum absolute atomic E-state index is 8.64. The summed E-state index contributed by atoms with van der Waals surface area (Å²) in [5.74, 6) is 0. The summed E-state index contributed by atoms with van der Waals surface area (Å²) < 4.78 is 0. The van der Waals surface area contributed by atoms with Crippen molar-refractivity contribution >= 4 is 0 Å². The predicted octanol–water partition coefficient (Wildman–Crippen LogP) is -1.26. The molecule has 1 aromatic carbocycles. The van der Waals surface area contributed by atoms with E-state index in [4.69, 9.17) is 5.26 Å². The van der Waals surface area contributed by atoms with Gasteiger partial charge < -0.3 is 11.0 Å². The maximum atomic E-state index is 8.64. The normalized spacial score (nSPS) is 14.6. The van der Waals surface area contributed by atoms with Crippen molar-refractivity contribution < 1.29 is 58.2 Å². The fraction of sp³-hybridized carbons (Fsp3) is 0.250. The molecular weight excluding hydrogens is 258 g/mol. The molecule has 0 saturated carbocycles.